The van der Waals surface area contributed by atoms with Gasteiger partial charge in [0.2, 0.25) is 0 Å². The average molecular weight is 287 g/mol. The van der Waals surface area contributed by atoms with Crippen LogP contribution in [0.2, 0.25) is 0 Å². The third kappa shape index (κ3) is 4.43. The molecule has 2 aromatic rings. The van der Waals surface area contributed by atoms with Crippen LogP contribution in [0.3, 0.4) is 0 Å². The lowest BCUT2D eigenvalue weighted by Crippen LogP contribution is -2.15. The van der Waals surface area contributed by atoms with Crippen LogP contribution < -0.4 is 5.32 Å². The first-order valence-electron chi connectivity index (χ1n) is 7.07. The fourth-order valence-corrected chi connectivity index (χ4v) is 2.14. The maximum atomic E-state index is 11.3. The Morgan fingerprint density at radius 3 is 2.71 bits per heavy atom. The molecule has 0 atom stereocenters. The minimum Gasteiger partial charge on any atom is -0.465 e. The molecule has 0 fully saturated rings. The number of rotatable bonds is 7. The topological polar surface area (TPSA) is 67.0 Å². The number of nitrogens with one attached hydrogen (secondary N) is 2. The number of benzene rings is 1. The van der Waals surface area contributed by atoms with Crippen molar-refractivity contribution < 1.29 is 9.53 Å². The van der Waals surface area contributed by atoms with Crippen LogP contribution in [0.25, 0.3) is 0 Å². The Morgan fingerprint density at radius 1 is 1.33 bits per heavy atom. The highest BCUT2D eigenvalue weighted by molar-refractivity contribution is 5.89. The molecule has 0 saturated heterocycles. The molecule has 0 aliphatic heterocycles. The normalized spacial score (nSPS) is 10.6. The zero-order chi connectivity index (χ0) is 15.1. The predicted molar refractivity (Wildman–Crippen MR) is 81.1 cm³/mol. The van der Waals surface area contributed by atoms with Gasteiger partial charge in [-0.05, 0) is 49.6 Å². The van der Waals surface area contributed by atoms with Crippen molar-refractivity contribution in [2.24, 2.45) is 0 Å². The number of aryl methyl sites for hydroxylation is 2. The van der Waals surface area contributed by atoms with Gasteiger partial charge in [-0.15, -0.1) is 0 Å². The molecule has 1 aromatic carbocycles. The second kappa shape index (κ2) is 7.59. The minimum absolute atomic E-state index is 0.301. The van der Waals surface area contributed by atoms with E-state index in [4.69, 9.17) is 0 Å². The molecule has 1 aromatic heterocycles. The van der Waals surface area contributed by atoms with Crippen LogP contribution in [0, 0.1) is 6.92 Å². The maximum Gasteiger partial charge on any atom is 0.337 e. The van der Waals surface area contributed by atoms with Crippen LogP contribution in [-0.4, -0.2) is 29.8 Å². The summed E-state index contributed by atoms with van der Waals surface area (Å²) in [5, 5.41) is 10.4. The summed E-state index contributed by atoms with van der Waals surface area (Å²) in [6.07, 6.45) is 3.98. The number of nitrogens with zero attached hydrogens (tertiary/aromatic N) is 1. The zero-order valence-electron chi connectivity index (χ0n) is 12.5. The Hall–Kier alpha value is -2.14. The van der Waals surface area contributed by atoms with Crippen LogP contribution in [-0.2, 0) is 17.7 Å². The standard InChI is InChI=1S/C16H21N3O2/c1-12-15(11-18-19-12)4-3-9-17-10-13-5-7-14(8-6-13)16(20)21-2/h5-8,11,17H,3-4,9-10H2,1-2H3,(H,18,19). The fraction of sp³-hybridized carbons (Fsp3) is 0.375. The first-order chi connectivity index (χ1) is 10.2. The molecule has 0 amide bonds. The summed E-state index contributed by atoms with van der Waals surface area (Å²) in [6, 6.07) is 7.47. The Labute approximate surface area is 124 Å². The molecule has 0 aliphatic rings. The van der Waals surface area contributed by atoms with Gasteiger partial charge in [0, 0.05) is 12.2 Å². The molecule has 0 radical (unpaired) electrons. The van der Waals surface area contributed by atoms with Gasteiger partial charge in [-0.25, -0.2) is 4.79 Å². The average Bonchev–Trinajstić information content (AvgIpc) is 2.92. The Kier molecular flexibility index (Phi) is 5.51. The number of ether oxygens (including phenoxy) is 1. The van der Waals surface area contributed by atoms with E-state index in [2.05, 4.69) is 20.3 Å². The quantitative estimate of drug-likeness (QED) is 0.605. The number of carbonyl (C=O) groups excluding carboxylic acids is 1. The van der Waals surface area contributed by atoms with Crippen LogP contribution in [0.4, 0.5) is 0 Å². The highest BCUT2D eigenvalue weighted by Gasteiger charge is 2.04. The van der Waals surface area contributed by atoms with E-state index in [-0.39, 0.29) is 5.97 Å². The lowest BCUT2D eigenvalue weighted by molar-refractivity contribution is 0.0600. The van der Waals surface area contributed by atoms with E-state index in [9.17, 15) is 4.79 Å². The number of carbonyl (C=O) groups is 1. The van der Waals surface area contributed by atoms with Gasteiger partial charge in [0.25, 0.3) is 0 Å². The largest absolute Gasteiger partial charge is 0.465 e. The first kappa shape index (κ1) is 15.3. The third-order valence-corrected chi connectivity index (χ3v) is 3.44. The molecule has 5 nitrogen and oxygen atoms in total. The van der Waals surface area contributed by atoms with Crippen LogP contribution in [0.1, 0.15) is 33.6 Å². The van der Waals surface area contributed by atoms with Gasteiger partial charge in [0.1, 0.15) is 0 Å². The highest BCUT2D eigenvalue weighted by atomic mass is 16.5. The molecule has 112 valence electrons. The summed E-state index contributed by atoms with van der Waals surface area (Å²) < 4.78 is 4.67. The fourth-order valence-electron chi connectivity index (χ4n) is 2.14. The third-order valence-electron chi connectivity index (χ3n) is 3.44. The smallest absolute Gasteiger partial charge is 0.337 e. The summed E-state index contributed by atoms with van der Waals surface area (Å²) in [5.41, 5.74) is 4.16. The number of hydrogen-bond acceptors (Lipinski definition) is 4. The maximum absolute atomic E-state index is 11.3. The Balaban J connectivity index is 1.69. The molecule has 0 aliphatic carbocycles. The van der Waals surface area contributed by atoms with E-state index >= 15 is 0 Å². The number of H-pyrrole nitrogens is 1. The van der Waals surface area contributed by atoms with E-state index in [0.717, 1.165) is 37.2 Å². The summed E-state index contributed by atoms with van der Waals surface area (Å²) in [5.74, 6) is -0.301. The van der Waals surface area contributed by atoms with Gasteiger partial charge < -0.3 is 10.1 Å². The summed E-state index contributed by atoms with van der Waals surface area (Å²) in [4.78, 5) is 11.3. The zero-order valence-corrected chi connectivity index (χ0v) is 12.5. The van der Waals surface area contributed by atoms with Crippen molar-refractivity contribution in [2.75, 3.05) is 13.7 Å². The first-order valence-corrected chi connectivity index (χ1v) is 7.07. The van der Waals surface area contributed by atoms with Gasteiger partial charge >= 0.3 is 5.97 Å². The van der Waals surface area contributed by atoms with Crippen molar-refractivity contribution in [3.63, 3.8) is 0 Å². The molecular formula is C16H21N3O2. The molecule has 2 rings (SSSR count). The SMILES string of the molecule is COC(=O)c1ccc(CNCCCc2cn[nH]c2C)cc1. The highest BCUT2D eigenvalue weighted by Crippen LogP contribution is 2.07. The van der Waals surface area contributed by atoms with E-state index in [1.165, 1.54) is 12.7 Å². The second-order valence-corrected chi connectivity index (χ2v) is 4.99. The molecule has 2 N–H and O–H groups in total. The molecular weight excluding hydrogens is 266 g/mol. The summed E-state index contributed by atoms with van der Waals surface area (Å²) in [6.45, 7) is 3.79. The van der Waals surface area contributed by atoms with Gasteiger partial charge in [-0.3, -0.25) is 5.10 Å². The van der Waals surface area contributed by atoms with Crippen molar-refractivity contribution in [3.05, 3.63) is 52.8 Å². The Morgan fingerprint density at radius 2 is 2.10 bits per heavy atom. The number of aromatic amines is 1. The monoisotopic (exact) mass is 287 g/mol. The van der Waals surface area contributed by atoms with Crippen LogP contribution in [0.5, 0.6) is 0 Å². The van der Waals surface area contributed by atoms with E-state index in [0.29, 0.717) is 5.56 Å². The predicted octanol–water partition coefficient (Wildman–Crippen LogP) is 2.23. The summed E-state index contributed by atoms with van der Waals surface area (Å²) in [7, 11) is 1.39. The van der Waals surface area contributed by atoms with Gasteiger partial charge in [-0.1, -0.05) is 12.1 Å². The molecule has 0 spiro atoms. The number of esters is 1. The molecule has 21 heavy (non-hydrogen) atoms. The number of methoxy groups -OCH3 is 1. The van der Waals surface area contributed by atoms with Crippen molar-refractivity contribution in [2.45, 2.75) is 26.3 Å². The van der Waals surface area contributed by atoms with Gasteiger partial charge in [0.05, 0.1) is 18.9 Å². The molecule has 5 heteroatoms. The van der Waals surface area contributed by atoms with Crippen LogP contribution in [0.15, 0.2) is 30.5 Å². The lowest BCUT2D eigenvalue weighted by atomic mass is 10.1. The Bertz CT molecular complexity index is 575. The van der Waals surface area contributed by atoms with Crippen molar-refractivity contribution in [1.82, 2.24) is 15.5 Å². The van der Waals surface area contributed by atoms with Crippen molar-refractivity contribution in [3.8, 4) is 0 Å². The minimum atomic E-state index is -0.301. The van der Waals surface area contributed by atoms with Gasteiger partial charge in [0.15, 0.2) is 0 Å². The van der Waals surface area contributed by atoms with Crippen molar-refractivity contribution in [1.29, 1.82) is 0 Å². The van der Waals surface area contributed by atoms with Crippen LogP contribution >= 0.6 is 0 Å². The van der Waals surface area contributed by atoms with E-state index in [1.807, 2.05) is 25.3 Å². The second-order valence-electron chi connectivity index (χ2n) is 4.99. The lowest BCUT2D eigenvalue weighted by Gasteiger charge is -2.06. The van der Waals surface area contributed by atoms with E-state index in [1.54, 1.807) is 12.1 Å². The molecule has 0 bridgehead atoms. The van der Waals surface area contributed by atoms with E-state index < -0.39 is 0 Å². The molecule has 0 unspecified atom stereocenters. The van der Waals surface area contributed by atoms with Gasteiger partial charge in [-0.2, -0.15) is 5.10 Å². The molecule has 0 saturated carbocycles. The summed E-state index contributed by atoms with van der Waals surface area (Å²) >= 11 is 0. The number of hydrogen-bond donors (Lipinski definition) is 2. The molecule has 1 heterocycles. The van der Waals surface area contributed by atoms with Crippen molar-refractivity contribution >= 4 is 5.97 Å². The number of aromatic nitrogens is 2.